The molecule has 132 valence electrons. The molecule has 1 fully saturated rings. The van der Waals surface area contributed by atoms with Gasteiger partial charge in [0.2, 0.25) is 0 Å². The van der Waals surface area contributed by atoms with Gasteiger partial charge in [0.25, 0.3) is 0 Å². The first-order valence-electron chi connectivity index (χ1n) is 8.37. The van der Waals surface area contributed by atoms with Crippen molar-refractivity contribution in [2.45, 2.75) is 39.3 Å². The van der Waals surface area contributed by atoms with Crippen molar-refractivity contribution in [2.24, 2.45) is 5.92 Å². The molecule has 1 aromatic carbocycles. The lowest BCUT2D eigenvalue weighted by molar-refractivity contribution is 0.0696. The Morgan fingerprint density at radius 1 is 1.36 bits per heavy atom. The number of anilines is 1. The van der Waals surface area contributed by atoms with Crippen molar-refractivity contribution < 1.29 is 14.7 Å². The van der Waals surface area contributed by atoms with E-state index in [4.69, 9.17) is 5.11 Å². The fourth-order valence-corrected chi connectivity index (χ4v) is 2.90. The van der Waals surface area contributed by atoms with E-state index < -0.39 is 5.97 Å². The summed E-state index contributed by atoms with van der Waals surface area (Å²) in [5.74, 6) is 0.209. The number of nitrogens with one attached hydrogen (secondary N) is 2. The quantitative estimate of drug-likeness (QED) is 0.751. The van der Waals surface area contributed by atoms with Crippen molar-refractivity contribution in [2.75, 3.05) is 5.32 Å². The van der Waals surface area contributed by atoms with Crippen LogP contribution in [0.2, 0.25) is 0 Å². The minimum absolute atomic E-state index is 0.197. The normalized spacial score (nSPS) is 14.8. The van der Waals surface area contributed by atoms with Crippen LogP contribution in [-0.2, 0) is 6.54 Å². The smallest absolute Gasteiger partial charge is 0.335 e. The number of benzene rings is 1. The standard InChI is InChI=1S/C18H22N4O3/c1-11-8-16(21-22(11)12(2)14-6-7-14)20-18(25)19-10-13-4-3-5-15(9-13)17(23)24/h3-5,8-9,12,14H,6-7,10H2,1-2H3,(H,23,24)(H2,19,20,21,25). The second-order valence-electron chi connectivity index (χ2n) is 6.51. The Kier molecular flexibility index (Phi) is 4.74. The van der Waals surface area contributed by atoms with Crippen LogP contribution in [0, 0.1) is 12.8 Å². The number of aryl methyl sites for hydroxylation is 1. The molecule has 0 bridgehead atoms. The van der Waals surface area contributed by atoms with E-state index in [0.717, 1.165) is 11.3 Å². The van der Waals surface area contributed by atoms with E-state index in [2.05, 4.69) is 22.7 Å². The molecule has 7 heteroatoms. The van der Waals surface area contributed by atoms with Crippen LogP contribution in [-0.4, -0.2) is 26.9 Å². The number of carbonyl (C=O) groups is 2. The molecule has 1 aliphatic carbocycles. The number of hydrogen-bond acceptors (Lipinski definition) is 3. The third-order valence-corrected chi connectivity index (χ3v) is 4.48. The van der Waals surface area contributed by atoms with Crippen LogP contribution in [0.25, 0.3) is 0 Å². The Morgan fingerprint density at radius 2 is 2.12 bits per heavy atom. The largest absolute Gasteiger partial charge is 0.478 e. The lowest BCUT2D eigenvalue weighted by Crippen LogP contribution is -2.28. The number of carboxylic acid groups (broad SMARTS) is 1. The molecule has 0 spiro atoms. The summed E-state index contributed by atoms with van der Waals surface area (Å²) in [6, 6.07) is 8.30. The van der Waals surface area contributed by atoms with E-state index in [9.17, 15) is 9.59 Å². The molecule has 2 amide bonds. The van der Waals surface area contributed by atoms with Gasteiger partial charge in [-0.25, -0.2) is 9.59 Å². The van der Waals surface area contributed by atoms with Crippen molar-refractivity contribution in [1.82, 2.24) is 15.1 Å². The second kappa shape index (κ2) is 6.96. The summed E-state index contributed by atoms with van der Waals surface area (Å²) < 4.78 is 1.96. The summed E-state index contributed by atoms with van der Waals surface area (Å²) in [4.78, 5) is 23.0. The highest BCUT2D eigenvalue weighted by molar-refractivity contribution is 5.89. The van der Waals surface area contributed by atoms with Gasteiger partial charge in [-0.2, -0.15) is 5.10 Å². The topological polar surface area (TPSA) is 96.2 Å². The molecule has 7 nitrogen and oxygen atoms in total. The van der Waals surface area contributed by atoms with Gasteiger partial charge in [0.15, 0.2) is 5.82 Å². The van der Waals surface area contributed by atoms with Crippen molar-refractivity contribution in [3.05, 3.63) is 47.2 Å². The first kappa shape index (κ1) is 17.0. The van der Waals surface area contributed by atoms with Crippen LogP contribution in [0.1, 0.15) is 47.4 Å². The molecule has 0 aliphatic heterocycles. The number of hydrogen-bond donors (Lipinski definition) is 3. The third-order valence-electron chi connectivity index (χ3n) is 4.48. The van der Waals surface area contributed by atoms with Crippen LogP contribution in [0.5, 0.6) is 0 Å². The van der Waals surface area contributed by atoms with E-state index >= 15 is 0 Å². The number of aromatic carboxylic acids is 1. The maximum absolute atomic E-state index is 12.1. The zero-order valence-electron chi connectivity index (χ0n) is 14.3. The highest BCUT2D eigenvalue weighted by Gasteiger charge is 2.30. The SMILES string of the molecule is Cc1cc(NC(=O)NCc2cccc(C(=O)O)c2)nn1C(C)C1CC1. The van der Waals surface area contributed by atoms with E-state index in [1.54, 1.807) is 18.2 Å². The summed E-state index contributed by atoms with van der Waals surface area (Å²) in [5, 5.41) is 18.9. The number of amides is 2. The monoisotopic (exact) mass is 342 g/mol. The van der Waals surface area contributed by atoms with Crippen molar-refractivity contribution in [1.29, 1.82) is 0 Å². The van der Waals surface area contributed by atoms with E-state index in [1.807, 2.05) is 17.7 Å². The van der Waals surface area contributed by atoms with Gasteiger partial charge in [0.05, 0.1) is 11.6 Å². The molecule has 0 radical (unpaired) electrons. The van der Waals surface area contributed by atoms with E-state index in [0.29, 0.717) is 17.8 Å². The molecule has 1 atom stereocenters. The summed E-state index contributed by atoms with van der Waals surface area (Å²) in [6.45, 7) is 4.37. The summed E-state index contributed by atoms with van der Waals surface area (Å²) in [6.07, 6.45) is 2.47. The molecule has 1 heterocycles. The maximum Gasteiger partial charge on any atom is 0.335 e. The molecule has 3 N–H and O–H groups in total. The fourth-order valence-electron chi connectivity index (χ4n) is 2.90. The van der Waals surface area contributed by atoms with Gasteiger partial charge in [-0.15, -0.1) is 0 Å². The van der Waals surface area contributed by atoms with Gasteiger partial charge in [-0.3, -0.25) is 10.00 Å². The van der Waals surface area contributed by atoms with Gasteiger partial charge in [0.1, 0.15) is 0 Å². The van der Waals surface area contributed by atoms with Crippen LogP contribution in [0.15, 0.2) is 30.3 Å². The fraction of sp³-hybridized carbons (Fsp3) is 0.389. The van der Waals surface area contributed by atoms with E-state index in [-0.39, 0.29) is 18.1 Å². The zero-order valence-corrected chi connectivity index (χ0v) is 14.3. The molecule has 2 aromatic rings. The van der Waals surface area contributed by atoms with Crippen LogP contribution < -0.4 is 10.6 Å². The Morgan fingerprint density at radius 3 is 2.80 bits per heavy atom. The lowest BCUT2D eigenvalue weighted by atomic mass is 10.1. The average molecular weight is 342 g/mol. The molecule has 25 heavy (non-hydrogen) atoms. The first-order chi connectivity index (χ1) is 11.9. The highest BCUT2D eigenvalue weighted by Crippen LogP contribution is 2.39. The summed E-state index contributed by atoms with van der Waals surface area (Å²) >= 11 is 0. The van der Waals surface area contributed by atoms with Gasteiger partial charge < -0.3 is 10.4 Å². The number of rotatable bonds is 6. The molecule has 0 saturated heterocycles. The molecule has 3 rings (SSSR count). The third kappa shape index (κ3) is 4.17. The van der Waals surface area contributed by atoms with Crippen LogP contribution in [0.4, 0.5) is 10.6 Å². The Balaban J connectivity index is 1.57. The number of carboxylic acids is 1. The van der Waals surface area contributed by atoms with Crippen LogP contribution >= 0.6 is 0 Å². The highest BCUT2D eigenvalue weighted by atomic mass is 16.4. The number of urea groups is 1. The van der Waals surface area contributed by atoms with Crippen molar-refractivity contribution >= 4 is 17.8 Å². The van der Waals surface area contributed by atoms with E-state index in [1.165, 1.54) is 18.9 Å². The zero-order chi connectivity index (χ0) is 18.0. The molecular formula is C18H22N4O3. The molecule has 1 unspecified atom stereocenters. The number of nitrogens with zero attached hydrogens (tertiary/aromatic N) is 2. The minimum Gasteiger partial charge on any atom is -0.478 e. The Hall–Kier alpha value is -2.83. The van der Waals surface area contributed by atoms with Gasteiger partial charge in [0, 0.05) is 18.3 Å². The predicted octanol–water partition coefficient (Wildman–Crippen LogP) is 3.18. The Bertz CT molecular complexity index is 795. The van der Waals surface area contributed by atoms with Gasteiger partial charge >= 0.3 is 12.0 Å². The summed E-state index contributed by atoms with van der Waals surface area (Å²) in [5.41, 5.74) is 1.94. The van der Waals surface area contributed by atoms with Gasteiger partial charge in [-0.1, -0.05) is 12.1 Å². The molecule has 1 aliphatic rings. The minimum atomic E-state index is -0.989. The van der Waals surface area contributed by atoms with Gasteiger partial charge in [-0.05, 0) is 50.3 Å². The molecule has 1 saturated carbocycles. The maximum atomic E-state index is 12.1. The van der Waals surface area contributed by atoms with Crippen molar-refractivity contribution in [3.8, 4) is 0 Å². The molecular weight excluding hydrogens is 320 g/mol. The second-order valence-corrected chi connectivity index (χ2v) is 6.51. The number of carbonyl (C=O) groups excluding carboxylic acids is 1. The summed E-state index contributed by atoms with van der Waals surface area (Å²) in [7, 11) is 0. The van der Waals surface area contributed by atoms with Crippen LogP contribution in [0.3, 0.4) is 0 Å². The predicted molar refractivity (Wildman–Crippen MR) is 93.7 cm³/mol. The Labute approximate surface area is 146 Å². The number of aromatic nitrogens is 2. The van der Waals surface area contributed by atoms with Crippen molar-refractivity contribution in [3.63, 3.8) is 0 Å². The molecule has 1 aromatic heterocycles. The lowest BCUT2D eigenvalue weighted by Gasteiger charge is -2.12. The average Bonchev–Trinajstić information content (AvgIpc) is 3.36. The first-order valence-corrected chi connectivity index (χ1v) is 8.37.